The summed E-state index contributed by atoms with van der Waals surface area (Å²) in [5.41, 5.74) is 6.47. The number of nitrogen functional groups attached to an aromatic ring is 1. The highest BCUT2D eigenvalue weighted by molar-refractivity contribution is 5.99. The molecule has 0 aromatic heterocycles. The van der Waals surface area contributed by atoms with Crippen molar-refractivity contribution in [2.45, 2.75) is 6.54 Å². The number of anilines is 1. The lowest BCUT2D eigenvalue weighted by Crippen LogP contribution is -2.12. The minimum Gasteiger partial charge on any atom is -0.396 e. The van der Waals surface area contributed by atoms with Crippen LogP contribution in [0, 0.1) is 5.82 Å². The van der Waals surface area contributed by atoms with Gasteiger partial charge in [-0.1, -0.05) is 0 Å². The summed E-state index contributed by atoms with van der Waals surface area (Å²) in [6.07, 6.45) is 0. The predicted octanol–water partition coefficient (Wildman–Crippen LogP) is 0.651. The Morgan fingerprint density at radius 2 is 2.25 bits per heavy atom. The van der Waals surface area contributed by atoms with E-state index in [0.717, 1.165) is 0 Å². The van der Waals surface area contributed by atoms with Crippen LogP contribution in [0.25, 0.3) is 0 Å². The number of benzene rings is 1. The molecule has 0 bridgehead atoms. The number of carbonyl (C=O) groups is 1. The molecule has 2 rings (SSSR count). The van der Waals surface area contributed by atoms with Crippen LogP contribution in [-0.4, -0.2) is 5.91 Å². The number of hydrogen-bond acceptors (Lipinski definition) is 2. The molecule has 0 spiro atoms. The lowest BCUT2D eigenvalue weighted by atomic mass is 10.1. The second kappa shape index (κ2) is 2.20. The van der Waals surface area contributed by atoms with Gasteiger partial charge in [0.1, 0.15) is 5.82 Å². The number of carbonyl (C=O) groups excluding carboxylic acids is 1. The van der Waals surface area contributed by atoms with E-state index in [2.05, 4.69) is 5.32 Å². The fraction of sp³-hybridized carbons (Fsp3) is 0.125. The van der Waals surface area contributed by atoms with Crippen LogP contribution in [0.5, 0.6) is 0 Å². The second-order valence-electron chi connectivity index (χ2n) is 2.71. The number of nitrogens with one attached hydrogen (secondary N) is 1. The molecule has 1 aliphatic heterocycles. The minimum absolute atomic E-state index is 0.0193. The zero-order valence-electron chi connectivity index (χ0n) is 6.23. The SMILES string of the molecule is Nc1cc2c(cc1F)CNC2=O. The molecular formula is C8H7FN2O. The first-order chi connectivity index (χ1) is 5.68. The number of nitrogens with two attached hydrogens (primary N) is 1. The standard InChI is InChI=1S/C8H7FN2O/c9-6-1-4-3-11-8(12)5(4)2-7(6)10/h1-2H,3,10H2,(H,11,12). The predicted molar refractivity (Wildman–Crippen MR) is 42.0 cm³/mol. The van der Waals surface area contributed by atoms with Crippen molar-refractivity contribution in [2.24, 2.45) is 0 Å². The zero-order valence-corrected chi connectivity index (χ0v) is 6.23. The van der Waals surface area contributed by atoms with Crippen LogP contribution in [0.2, 0.25) is 0 Å². The molecule has 1 amide bonds. The molecule has 0 unspecified atom stereocenters. The van der Waals surface area contributed by atoms with E-state index in [1.807, 2.05) is 0 Å². The number of amides is 1. The van der Waals surface area contributed by atoms with Crippen molar-refractivity contribution in [1.82, 2.24) is 5.32 Å². The molecule has 0 aliphatic carbocycles. The van der Waals surface area contributed by atoms with E-state index in [1.54, 1.807) is 0 Å². The summed E-state index contributed by atoms with van der Waals surface area (Å²) in [7, 11) is 0. The Morgan fingerprint density at radius 1 is 1.50 bits per heavy atom. The van der Waals surface area contributed by atoms with Crippen LogP contribution >= 0.6 is 0 Å². The maximum atomic E-state index is 12.8. The van der Waals surface area contributed by atoms with Gasteiger partial charge in [0.05, 0.1) is 5.69 Å². The third-order valence-electron chi connectivity index (χ3n) is 1.91. The van der Waals surface area contributed by atoms with Crippen molar-refractivity contribution in [3.8, 4) is 0 Å². The fourth-order valence-corrected chi connectivity index (χ4v) is 1.26. The van der Waals surface area contributed by atoms with Crippen LogP contribution in [0.1, 0.15) is 15.9 Å². The van der Waals surface area contributed by atoms with Gasteiger partial charge in [0, 0.05) is 12.1 Å². The molecule has 4 heteroatoms. The highest BCUT2D eigenvalue weighted by Crippen LogP contribution is 2.21. The molecule has 0 fully saturated rings. The highest BCUT2D eigenvalue weighted by Gasteiger charge is 2.20. The summed E-state index contributed by atoms with van der Waals surface area (Å²) in [6, 6.07) is 2.66. The summed E-state index contributed by atoms with van der Waals surface area (Å²) in [5, 5.41) is 2.58. The van der Waals surface area contributed by atoms with Gasteiger partial charge in [-0.05, 0) is 17.7 Å². The fourth-order valence-electron chi connectivity index (χ4n) is 1.26. The summed E-state index contributed by atoms with van der Waals surface area (Å²) >= 11 is 0. The number of rotatable bonds is 0. The topological polar surface area (TPSA) is 55.1 Å². The first-order valence-corrected chi connectivity index (χ1v) is 3.54. The summed E-state index contributed by atoms with van der Waals surface area (Å²) in [4.78, 5) is 11.0. The Kier molecular flexibility index (Phi) is 1.30. The van der Waals surface area contributed by atoms with Gasteiger partial charge in [0.15, 0.2) is 0 Å². The molecule has 62 valence electrons. The van der Waals surface area contributed by atoms with Crippen LogP contribution in [-0.2, 0) is 6.54 Å². The second-order valence-corrected chi connectivity index (χ2v) is 2.71. The third-order valence-corrected chi connectivity index (χ3v) is 1.91. The lowest BCUT2D eigenvalue weighted by Gasteiger charge is -1.98. The van der Waals surface area contributed by atoms with E-state index in [4.69, 9.17) is 5.73 Å². The zero-order chi connectivity index (χ0) is 8.72. The maximum absolute atomic E-state index is 12.8. The highest BCUT2D eigenvalue weighted by atomic mass is 19.1. The molecule has 1 aliphatic rings. The monoisotopic (exact) mass is 166 g/mol. The molecule has 1 aromatic rings. The summed E-state index contributed by atoms with van der Waals surface area (Å²) in [5.74, 6) is -0.651. The molecule has 1 heterocycles. The van der Waals surface area contributed by atoms with Gasteiger partial charge in [-0.3, -0.25) is 4.79 Å². The Hall–Kier alpha value is -1.58. The van der Waals surface area contributed by atoms with E-state index in [1.165, 1.54) is 12.1 Å². The molecule has 0 radical (unpaired) electrons. The quantitative estimate of drug-likeness (QED) is 0.556. The van der Waals surface area contributed by atoms with Crippen LogP contribution in [0.15, 0.2) is 12.1 Å². The van der Waals surface area contributed by atoms with Gasteiger partial charge >= 0.3 is 0 Å². The largest absolute Gasteiger partial charge is 0.396 e. The smallest absolute Gasteiger partial charge is 0.251 e. The van der Waals surface area contributed by atoms with Gasteiger partial charge in [-0.25, -0.2) is 4.39 Å². The van der Waals surface area contributed by atoms with Crippen molar-refractivity contribution in [3.63, 3.8) is 0 Å². The first-order valence-electron chi connectivity index (χ1n) is 3.54. The molecule has 1 aromatic carbocycles. The van der Waals surface area contributed by atoms with Crippen LogP contribution < -0.4 is 11.1 Å². The Balaban J connectivity index is 2.63. The Bertz CT molecular complexity index is 362. The van der Waals surface area contributed by atoms with E-state index in [-0.39, 0.29) is 11.6 Å². The molecule has 12 heavy (non-hydrogen) atoms. The number of halogens is 1. The maximum Gasteiger partial charge on any atom is 0.251 e. The first kappa shape index (κ1) is 7.09. The number of fused-ring (bicyclic) bond motifs is 1. The minimum atomic E-state index is -0.467. The van der Waals surface area contributed by atoms with Gasteiger partial charge in [-0.2, -0.15) is 0 Å². The summed E-state index contributed by atoms with van der Waals surface area (Å²) < 4.78 is 12.8. The van der Waals surface area contributed by atoms with Crippen molar-refractivity contribution in [1.29, 1.82) is 0 Å². The van der Waals surface area contributed by atoms with E-state index < -0.39 is 5.82 Å². The summed E-state index contributed by atoms with van der Waals surface area (Å²) in [6.45, 7) is 0.394. The van der Waals surface area contributed by atoms with Gasteiger partial charge < -0.3 is 11.1 Å². The molecular weight excluding hydrogens is 159 g/mol. The molecule has 3 N–H and O–H groups in total. The van der Waals surface area contributed by atoms with Crippen molar-refractivity contribution in [3.05, 3.63) is 29.1 Å². The Labute approximate surface area is 68.4 Å². The van der Waals surface area contributed by atoms with Crippen molar-refractivity contribution < 1.29 is 9.18 Å². The third kappa shape index (κ3) is 0.845. The molecule has 0 saturated carbocycles. The van der Waals surface area contributed by atoms with Crippen LogP contribution in [0.3, 0.4) is 0 Å². The van der Waals surface area contributed by atoms with E-state index in [9.17, 15) is 9.18 Å². The van der Waals surface area contributed by atoms with E-state index in [0.29, 0.717) is 17.7 Å². The van der Waals surface area contributed by atoms with Crippen molar-refractivity contribution >= 4 is 11.6 Å². The number of hydrogen-bond donors (Lipinski definition) is 2. The van der Waals surface area contributed by atoms with Crippen LogP contribution in [0.4, 0.5) is 10.1 Å². The van der Waals surface area contributed by atoms with Gasteiger partial charge in [-0.15, -0.1) is 0 Å². The normalized spacial score (nSPS) is 14.2. The molecule has 0 saturated heterocycles. The molecule has 3 nitrogen and oxygen atoms in total. The lowest BCUT2D eigenvalue weighted by molar-refractivity contribution is 0.0966. The van der Waals surface area contributed by atoms with Crippen molar-refractivity contribution in [2.75, 3.05) is 5.73 Å². The van der Waals surface area contributed by atoms with Gasteiger partial charge in [0.2, 0.25) is 0 Å². The van der Waals surface area contributed by atoms with E-state index >= 15 is 0 Å². The Morgan fingerprint density at radius 3 is 3.00 bits per heavy atom. The average molecular weight is 166 g/mol. The van der Waals surface area contributed by atoms with Gasteiger partial charge in [0.25, 0.3) is 5.91 Å². The average Bonchev–Trinajstić information content (AvgIpc) is 2.35. The molecule has 0 atom stereocenters.